The van der Waals surface area contributed by atoms with Crippen LogP contribution in [-0.4, -0.2) is 35.4 Å². The van der Waals surface area contributed by atoms with Crippen LogP contribution >= 0.6 is 0 Å². The number of hydrogen-bond donors (Lipinski definition) is 1. The molecule has 0 aromatic carbocycles. The summed E-state index contributed by atoms with van der Waals surface area (Å²) in [5.41, 5.74) is 0.991. The van der Waals surface area contributed by atoms with Gasteiger partial charge in [0.25, 0.3) is 0 Å². The summed E-state index contributed by atoms with van der Waals surface area (Å²) in [5, 5.41) is 3.19. The van der Waals surface area contributed by atoms with Crippen LogP contribution in [0.2, 0.25) is 0 Å². The van der Waals surface area contributed by atoms with Gasteiger partial charge in [0.2, 0.25) is 11.8 Å². The van der Waals surface area contributed by atoms with Gasteiger partial charge in [-0.15, -0.1) is 0 Å². The van der Waals surface area contributed by atoms with Crippen LogP contribution in [0, 0.1) is 25.7 Å². The molecule has 5 heteroatoms. The second-order valence-electron chi connectivity index (χ2n) is 7.98. The molecule has 1 saturated carbocycles. The molecule has 25 heavy (non-hydrogen) atoms. The second kappa shape index (κ2) is 8.84. The molecule has 1 saturated heterocycles. The zero-order chi connectivity index (χ0) is 17.6. The van der Waals surface area contributed by atoms with Crippen LogP contribution < -0.4 is 5.32 Å². The number of rotatable bonds is 6. The zero-order valence-corrected chi connectivity index (χ0v) is 15.9. The van der Waals surface area contributed by atoms with E-state index in [1.807, 2.05) is 13.8 Å². The Bertz CT molecular complexity index is 536. The molecule has 2 aliphatic rings. The molecule has 0 atom stereocenters. The van der Waals surface area contributed by atoms with E-state index in [4.69, 9.17) is 4.42 Å². The smallest absolute Gasteiger partial charge is 0.220 e. The van der Waals surface area contributed by atoms with Crippen molar-refractivity contribution in [2.24, 2.45) is 11.8 Å². The maximum Gasteiger partial charge on any atom is 0.220 e. The minimum absolute atomic E-state index is 0.264. The summed E-state index contributed by atoms with van der Waals surface area (Å²) in [7, 11) is 0. The Labute approximate surface area is 151 Å². The van der Waals surface area contributed by atoms with Gasteiger partial charge in [-0.05, 0) is 64.5 Å². The topological polar surface area (TPSA) is 58.4 Å². The number of amides is 1. The first-order valence-electron chi connectivity index (χ1n) is 10.0. The van der Waals surface area contributed by atoms with Crippen LogP contribution in [0.1, 0.15) is 68.7 Å². The summed E-state index contributed by atoms with van der Waals surface area (Å²) in [6, 6.07) is 0. The van der Waals surface area contributed by atoms with Gasteiger partial charge in [-0.25, -0.2) is 4.98 Å². The van der Waals surface area contributed by atoms with Crippen molar-refractivity contribution in [1.82, 2.24) is 15.2 Å². The number of piperidine rings is 1. The third kappa shape index (κ3) is 5.56. The van der Waals surface area contributed by atoms with Crippen molar-refractivity contribution in [2.75, 3.05) is 19.6 Å². The van der Waals surface area contributed by atoms with Gasteiger partial charge in [-0.3, -0.25) is 9.69 Å². The Morgan fingerprint density at radius 1 is 1.12 bits per heavy atom. The largest absolute Gasteiger partial charge is 0.444 e. The number of carbonyl (C=O) groups excluding carboxylic acids is 1. The highest BCUT2D eigenvalue weighted by molar-refractivity contribution is 5.76. The van der Waals surface area contributed by atoms with E-state index in [-0.39, 0.29) is 5.91 Å². The summed E-state index contributed by atoms with van der Waals surface area (Å²) in [6.07, 6.45) is 9.47. The zero-order valence-electron chi connectivity index (χ0n) is 15.9. The molecular weight excluding hydrogens is 314 g/mol. The van der Waals surface area contributed by atoms with Gasteiger partial charge in [-0.2, -0.15) is 0 Å². The van der Waals surface area contributed by atoms with Crippen LogP contribution in [0.15, 0.2) is 4.42 Å². The van der Waals surface area contributed by atoms with Crippen LogP contribution in [-0.2, 0) is 11.3 Å². The van der Waals surface area contributed by atoms with Gasteiger partial charge < -0.3 is 9.73 Å². The molecule has 3 rings (SSSR count). The standard InChI is InChI=1S/C20H33N3O2/c1-15-16(2)25-20(22-15)14-23-10-8-18(9-11-23)13-21-19(24)12-17-6-4-3-5-7-17/h17-18H,3-14H2,1-2H3,(H,21,24). The average Bonchev–Trinajstić information content (AvgIpc) is 2.92. The SMILES string of the molecule is Cc1nc(CN2CCC(CNC(=O)CC3CCCCC3)CC2)oc1C. The molecule has 1 N–H and O–H groups in total. The normalized spacial score (nSPS) is 20.7. The number of likely N-dealkylation sites (tertiary alicyclic amines) is 1. The molecule has 2 heterocycles. The monoisotopic (exact) mass is 347 g/mol. The number of aryl methyl sites for hydroxylation is 2. The van der Waals surface area contributed by atoms with Gasteiger partial charge in [0.15, 0.2) is 0 Å². The molecule has 2 fully saturated rings. The van der Waals surface area contributed by atoms with Crippen molar-refractivity contribution in [2.45, 2.75) is 71.8 Å². The van der Waals surface area contributed by atoms with Crippen molar-refractivity contribution in [3.8, 4) is 0 Å². The van der Waals surface area contributed by atoms with E-state index in [2.05, 4.69) is 15.2 Å². The highest BCUT2D eigenvalue weighted by atomic mass is 16.4. The van der Waals surface area contributed by atoms with Crippen LogP contribution in [0.3, 0.4) is 0 Å². The van der Waals surface area contributed by atoms with Crippen molar-refractivity contribution in [1.29, 1.82) is 0 Å². The molecular formula is C20H33N3O2. The van der Waals surface area contributed by atoms with Crippen LogP contribution in [0.25, 0.3) is 0 Å². The number of hydrogen-bond acceptors (Lipinski definition) is 4. The van der Waals surface area contributed by atoms with Gasteiger partial charge in [0.05, 0.1) is 12.2 Å². The van der Waals surface area contributed by atoms with E-state index >= 15 is 0 Å². The third-order valence-corrected chi connectivity index (χ3v) is 5.93. The minimum Gasteiger partial charge on any atom is -0.444 e. The molecule has 1 amide bonds. The molecule has 0 unspecified atom stereocenters. The fourth-order valence-electron chi connectivity index (χ4n) is 4.13. The number of nitrogens with one attached hydrogen (secondary N) is 1. The number of aromatic nitrogens is 1. The van der Waals surface area contributed by atoms with E-state index in [0.717, 1.165) is 62.8 Å². The molecule has 1 aromatic heterocycles. The quantitative estimate of drug-likeness (QED) is 0.854. The first-order valence-corrected chi connectivity index (χ1v) is 10.0. The second-order valence-corrected chi connectivity index (χ2v) is 7.98. The lowest BCUT2D eigenvalue weighted by atomic mass is 9.87. The van der Waals surface area contributed by atoms with E-state index in [1.165, 1.54) is 32.1 Å². The van der Waals surface area contributed by atoms with Gasteiger partial charge >= 0.3 is 0 Å². The highest BCUT2D eigenvalue weighted by Gasteiger charge is 2.22. The average molecular weight is 348 g/mol. The first-order chi connectivity index (χ1) is 12.1. The molecule has 0 bridgehead atoms. The Hall–Kier alpha value is -1.36. The highest BCUT2D eigenvalue weighted by Crippen LogP contribution is 2.26. The Balaban J connectivity index is 1.32. The molecule has 5 nitrogen and oxygen atoms in total. The van der Waals surface area contributed by atoms with E-state index in [9.17, 15) is 4.79 Å². The summed E-state index contributed by atoms with van der Waals surface area (Å²) >= 11 is 0. The van der Waals surface area contributed by atoms with Crippen molar-refractivity contribution >= 4 is 5.91 Å². The van der Waals surface area contributed by atoms with E-state index < -0.39 is 0 Å². The van der Waals surface area contributed by atoms with Gasteiger partial charge in [0, 0.05) is 13.0 Å². The lowest BCUT2D eigenvalue weighted by molar-refractivity contribution is -0.122. The first kappa shape index (κ1) is 18.4. The number of nitrogens with zero attached hydrogens (tertiary/aromatic N) is 2. The third-order valence-electron chi connectivity index (χ3n) is 5.93. The predicted molar refractivity (Wildman–Crippen MR) is 98.2 cm³/mol. The minimum atomic E-state index is 0.264. The number of carbonyl (C=O) groups is 1. The van der Waals surface area contributed by atoms with Gasteiger partial charge in [-0.1, -0.05) is 19.3 Å². The maximum atomic E-state index is 12.2. The summed E-state index contributed by atoms with van der Waals surface area (Å²) in [4.78, 5) is 19.0. The summed E-state index contributed by atoms with van der Waals surface area (Å²) < 4.78 is 5.69. The van der Waals surface area contributed by atoms with E-state index in [0.29, 0.717) is 11.8 Å². The lowest BCUT2D eigenvalue weighted by Crippen LogP contribution is -2.38. The summed E-state index contributed by atoms with van der Waals surface area (Å²) in [5.74, 6) is 3.25. The van der Waals surface area contributed by atoms with E-state index in [1.54, 1.807) is 0 Å². The molecule has 0 spiro atoms. The Kier molecular flexibility index (Phi) is 6.51. The van der Waals surface area contributed by atoms with Crippen molar-refractivity contribution < 1.29 is 9.21 Å². The van der Waals surface area contributed by atoms with Crippen molar-refractivity contribution in [3.05, 3.63) is 17.3 Å². The maximum absolute atomic E-state index is 12.2. The van der Waals surface area contributed by atoms with Crippen molar-refractivity contribution in [3.63, 3.8) is 0 Å². The summed E-state index contributed by atoms with van der Waals surface area (Å²) in [6.45, 7) is 7.72. The molecule has 1 aromatic rings. The van der Waals surface area contributed by atoms with Crippen LogP contribution in [0.5, 0.6) is 0 Å². The predicted octanol–water partition coefficient (Wildman–Crippen LogP) is 3.59. The fraction of sp³-hybridized carbons (Fsp3) is 0.800. The molecule has 0 radical (unpaired) electrons. The molecule has 1 aliphatic heterocycles. The molecule has 1 aliphatic carbocycles. The lowest BCUT2D eigenvalue weighted by Gasteiger charge is -2.31. The van der Waals surface area contributed by atoms with Gasteiger partial charge in [0.1, 0.15) is 5.76 Å². The number of oxazole rings is 1. The van der Waals surface area contributed by atoms with Crippen LogP contribution in [0.4, 0.5) is 0 Å². The Morgan fingerprint density at radius 3 is 2.48 bits per heavy atom. The molecule has 140 valence electrons. The fourth-order valence-corrected chi connectivity index (χ4v) is 4.13. The Morgan fingerprint density at radius 2 is 1.84 bits per heavy atom.